The smallest absolute Gasteiger partial charge is 0.319 e. The van der Waals surface area contributed by atoms with E-state index in [4.69, 9.17) is 14.5 Å². The zero-order valence-corrected chi connectivity index (χ0v) is 24.0. The first kappa shape index (κ1) is 27.4. The highest BCUT2D eigenvalue weighted by Crippen LogP contribution is 2.40. The summed E-state index contributed by atoms with van der Waals surface area (Å²) in [7, 11) is 0. The van der Waals surface area contributed by atoms with Crippen LogP contribution in [0.25, 0.3) is 32.9 Å². The van der Waals surface area contributed by atoms with E-state index in [-0.39, 0.29) is 35.9 Å². The van der Waals surface area contributed by atoms with Crippen molar-refractivity contribution in [3.05, 3.63) is 53.7 Å². The van der Waals surface area contributed by atoms with Gasteiger partial charge in [-0.1, -0.05) is 18.2 Å². The van der Waals surface area contributed by atoms with E-state index >= 15 is 8.78 Å². The molecule has 5 heterocycles. The Morgan fingerprint density at radius 1 is 1.10 bits per heavy atom. The van der Waals surface area contributed by atoms with Crippen LogP contribution in [0, 0.1) is 18.6 Å². The van der Waals surface area contributed by atoms with Crippen LogP contribution in [0.5, 0.6) is 6.01 Å². The summed E-state index contributed by atoms with van der Waals surface area (Å²) in [6.07, 6.45) is 5.89. The van der Waals surface area contributed by atoms with E-state index in [9.17, 15) is 5.11 Å². The van der Waals surface area contributed by atoms with Gasteiger partial charge in [0, 0.05) is 23.7 Å². The molecule has 3 saturated heterocycles. The third kappa shape index (κ3) is 4.75. The Balaban J connectivity index is 1.38. The summed E-state index contributed by atoms with van der Waals surface area (Å²) in [5.74, 6) is -0.693. The van der Waals surface area contributed by atoms with Gasteiger partial charge in [-0.2, -0.15) is 9.97 Å². The molecule has 1 atom stereocenters. The highest BCUT2D eigenvalue weighted by Gasteiger charge is 2.45. The van der Waals surface area contributed by atoms with Crippen molar-refractivity contribution in [3.8, 4) is 17.3 Å². The van der Waals surface area contributed by atoms with Crippen LogP contribution in [-0.2, 0) is 4.74 Å². The molecule has 42 heavy (non-hydrogen) atoms. The van der Waals surface area contributed by atoms with E-state index in [1.165, 1.54) is 12.3 Å². The lowest BCUT2D eigenvalue weighted by molar-refractivity contribution is -0.0123. The van der Waals surface area contributed by atoms with Gasteiger partial charge in [-0.3, -0.25) is 9.88 Å². The summed E-state index contributed by atoms with van der Waals surface area (Å²) >= 11 is 0. The van der Waals surface area contributed by atoms with Crippen LogP contribution in [0.1, 0.15) is 38.2 Å². The maximum atomic E-state index is 16.6. The molecule has 10 heteroatoms. The van der Waals surface area contributed by atoms with E-state index < -0.39 is 17.2 Å². The number of anilines is 1. The summed E-state index contributed by atoms with van der Waals surface area (Å²) in [5, 5.41) is 12.3. The summed E-state index contributed by atoms with van der Waals surface area (Å²) in [4.78, 5) is 18.2. The van der Waals surface area contributed by atoms with Crippen molar-refractivity contribution in [1.29, 1.82) is 0 Å². The Kier molecular flexibility index (Phi) is 6.75. The molecule has 3 aliphatic heterocycles. The molecule has 7 rings (SSSR count). The molecular weight excluding hydrogens is 540 g/mol. The normalized spacial score (nSPS) is 22.5. The van der Waals surface area contributed by atoms with Gasteiger partial charge >= 0.3 is 6.01 Å². The van der Waals surface area contributed by atoms with Gasteiger partial charge in [0.15, 0.2) is 5.82 Å². The van der Waals surface area contributed by atoms with Crippen LogP contribution < -0.4 is 9.64 Å². The van der Waals surface area contributed by atoms with E-state index in [1.54, 1.807) is 19.1 Å². The van der Waals surface area contributed by atoms with Crippen LogP contribution in [0.3, 0.4) is 0 Å². The van der Waals surface area contributed by atoms with E-state index in [2.05, 4.69) is 14.9 Å². The molecule has 2 aromatic carbocycles. The van der Waals surface area contributed by atoms with Gasteiger partial charge < -0.3 is 19.5 Å². The lowest BCUT2D eigenvalue weighted by Crippen LogP contribution is -2.44. The zero-order valence-electron chi connectivity index (χ0n) is 24.0. The van der Waals surface area contributed by atoms with Crippen LogP contribution in [-0.4, -0.2) is 82.1 Å². The molecule has 3 fully saturated rings. The number of aryl methyl sites for hydroxylation is 1. The fraction of sp³-hybridized carbons (Fsp3) is 0.469. The molecule has 8 nitrogen and oxygen atoms in total. The molecule has 0 radical (unpaired) electrons. The Morgan fingerprint density at radius 3 is 2.71 bits per heavy atom. The fourth-order valence-electron chi connectivity index (χ4n) is 7.08. The average Bonchev–Trinajstić information content (AvgIpc) is 3.48. The molecule has 4 aromatic rings. The molecular formula is C32H35F2N5O3. The first-order valence-corrected chi connectivity index (χ1v) is 14.7. The van der Waals surface area contributed by atoms with Crippen LogP contribution >= 0.6 is 0 Å². The number of ether oxygens (including phenoxy) is 2. The van der Waals surface area contributed by atoms with Crippen molar-refractivity contribution < 1.29 is 23.4 Å². The lowest BCUT2D eigenvalue weighted by atomic mass is 9.95. The van der Waals surface area contributed by atoms with Gasteiger partial charge in [0.25, 0.3) is 0 Å². The quantitative estimate of drug-likeness (QED) is 0.355. The summed E-state index contributed by atoms with van der Waals surface area (Å²) in [6, 6.07) is 8.51. The Bertz CT molecular complexity index is 1670. The maximum absolute atomic E-state index is 16.6. The second-order valence-corrected chi connectivity index (χ2v) is 12.3. The number of rotatable bonds is 5. The van der Waals surface area contributed by atoms with Gasteiger partial charge in [0.1, 0.15) is 35.1 Å². The Labute approximate surface area is 243 Å². The van der Waals surface area contributed by atoms with Crippen molar-refractivity contribution in [3.63, 3.8) is 0 Å². The Morgan fingerprint density at radius 2 is 1.90 bits per heavy atom. The first-order chi connectivity index (χ1) is 20.2. The molecule has 1 N–H and O–H groups in total. The van der Waals surface area contributed by atoms with E-state index in [0.717, 1.165) is 44.3 Å². The minimum absolute atomic E-state index is 0.0134. The van der Waals surface area contributed by atoms with Crippen molar-refractivity contribution in [2.24, 2.45) is 0 Å². The second-order valence-electron chi connectivity index (χ2n) is 12.3. The SMILES string of the molecule is Cc1cc(-c2ncc3c(N4CCOCC(C)(O)C4)nc(OCC45CCCN4CCC5)nc3c2F)c2c(F)cccc2c1. The van der Waals surface area contributed by atoms with Crippen LogP contribution in [0.2, 0.25) is 0 Å². The van der Waals surface area contributed by atoms with Crippen molar-refractivity contribution in [2.75, 3.05) is 50.9 Å². The number of benzene rings is 2. The van der Waals surface area contributed by atoms with Gasteiger partial charge in [-0.25, -0.2) is 8.78 Å². The van der Waals surface area contributed by atoms with E-state index in [1.807, 2.05) is 24.0 Å². The molecule has 0 spiro atoms. The van der Waals surface area contributed by atoms with Crippen molar-refractivity contribution in [1.82, 2.24) is 19.9 Å². The number of nitrogens with zero attached hydrogens (tertiary/aromatic N) is 5. The zero-order chi connectivity index (χ0) is 29.1. The largest absolute Gasteiger partial charge is 0.461 e. The average molecular weight is 576 g/mol. The topological polar surface area (TPSA) is 83.8 Å². The van der Waals surface area contributed by atoms with Crippen molar-refractivity contribution >= 4 is 27.5 Å². The molecule has 220 valence electrons. The third-order valence-corrected chi connectivity index (χ3v) is 9.00. The molecule has 0 bridgehead atoms. The van der Waals surface area contributed by atoms with Crippen LogP contribution in [0.15, 0.2) is 36.5 Å². The molecule has 2 aromatic heterocycles. The summed E-state index contributed by atoms with van der Waals surface area (Å²) in [5.41, 5.74) is 0.107. The lowest BCUT2D eigenvalue weighted by Gasteiger charge is -2.32. The maximum Gasteiger partial charge on any atom is 0.319 e. The predicted molar refractivity (Wildman–Crippen MR) is 157 cm³/mol. The minimum Gasteiger partial charge on any atom is -0.461 e. The summed E-state index contributed by atoms with van der Waals surface area (Å²) < 4.78 is 43.7. The monoisotopic (exact) mass is 575 g/mol. The number of halogens is 2. The molecule has 0 aliphatic carbocycles. The highest BCUT2D eigenvalue weighted by atomic mass is 19.1. The highest BCUT2D eigenvalue weighted by molar-refractivity contribution is 5.99. The number of fused-ring (bicyclic) bond motifs is 3. The Hall–Kier alpha value is -3.47. The van der Waals surface area contributed by atoms with Gasteiger partial charge in [0.05, 0.1) is 30.7 Å². The van der Waals surface area contributed by atoms with Gasteiger partial charge in [0.2, 0.25) is 0 Å². The third-order valence-electron chi connectivity index (χ3n) is 9.00. The number of β-amino-alcohol motifs (C(OH)–C–C–N with tert-alkyl or cyclic N) is 1. The molecule has 3 aliphatic rings. The van der Waals surface area contributed by atoms with Gasteiger partial charge in [-0.05, 0) is 75.7 Å². The number of aliphatic hydroxyl groups is 1. The standard InChI is InChI=1S/C32H35F2N5O3/c1-20-14-21-6-3-7-24(33)25(21)22(15-20)27-26(34)28-23(16-35-27)29(38-12-13-41-18-31(2,40)17-38)37-30(36-28)42-19-32-8-4-10-39(32)11-5-9-32/h3,6-7,14-16,40H,4-5,8-13,17-19H2,1-2H3. The predicted octanol–water partition coefficient (Wildman–Crippen LogP) is 5.03. The van der Waals surface area contributed by atoms with Gasteiger partial charge in [-0.15, -0.1) is 0 Å². The minimum atomic E-state index is -1.13. The number of hydrogen-bond donors (Lipinski definition) is 1. The van der Waals surface area contributed by atoms with Crippen LogP contribution in [0.4, 0.5) is 14.6 Å². The second kappa shape index (κ2) is 10.4. The number of aromatic nitrogens is 3. The molecule has 0 saturated carbocycles. The fourth-order valence-corrected chi connectivity index (χ4v) is 7.08. The number of pyridine rings is 1. The molecule has 1 unspecified atom stereocenters. The first-order valence-electron chi connectivity index (χ1n) is 14.7. The van der Waals surface area contributed by atoms with E-state index in [0.29, 0.717) is 47.3 Å². The number of hydrogen-bond acceptors (Lipinski definition) is 8. The summed E-state index contributed by atoms with van der Waals surface area (Å²) in [6.45, 7) is 7.35. The molecule has 0 amide bonds. The van der Waals surface area contributed by atoms with Crippen molar-refractivity contribution in [2.45, 2.75) is 50.7 Å².